The van der Waals surface area contributed by atoms with Crippen molar-refractivity contribution in [3.05, 3.63) is 36.0 Å². The van der Waals surface area contributed by atoms with Crippen LogP contribution in [0.3, 0.4) is 0 Å². The average Bonchev–Trinajstić information content (AvgIpc) is 2.68. The zero-order valence-electron chi connectivity index (χ0n) is 11.3. The predicted molar refractivity (Wildman–Crippen MR) is 73.0 cm³/mol. The third-order valence-corrected chi connectivity index (χ3v) is 3.44. The molecule has 0 unspecified atom stereocenters. The molecule has 1 heterocycles. The quantitative estimate of drug-likeness (QED) is 0.898. The SMILES string of the molecule is CC(C)n1c(C(C)(C)C(=O)O)cc2ccccc21. The van der Waals surface area contributed by atoms with E-state index in [4.69, 9.17) is 0 Å². The van der Waals surface area contributed by atoms with E-state index < -0.39 is 11.4 Å². The highest BCUT2D eigenvalue weighted by Crippen LogP contribution is 2.32. The molecule has 1 aromatic carbocycles. The molecule has 0 fully saturated rings. The first-order valence-corrected chi connectivity index (χ1v) is 6.19. The van der Waals surface area contributed by atoms with Crippen molar-refractivity contribution in [1.82, 2.24) is 4.57 Å². The summed E-state index contributed by atoms with van der Waals surface area (Å²) in [4.78, 5) is 11.5. The number of carboxylic acids is 1. The first kappa shape index (κ1) is 12.7. The van der Waals surface area contributed by atoms with Crippen LogP contribution in [0.4, 0.5) is 0 Å². The van der Waals surface area contributed by atoms with Gasteiger partial charge in [0.1, 0.15) is 5.41 Å². The van der Waals surface area contributed by atoms with E-state index in [1.165, 1.54) is 0 Å². The van der Waals surface area contributed by atoms with Crippen LogP contribution in [0, 0.1) is 0 Å². The fourth-order valence-electron chi connectivity index (χ4n) is 2.32. The van der Waals surface area contributed by atoms with Gasteiger partial charge in [-0.05, 0) is 45.2 Å². The lowest BCUT2D eigenvalue weighted by atomic mass is 9.89. The molecule has 3 heteroatoms. The molecular weight excluding hydrogens is 226 g/mol. The van der Waals surface area contributed by atoms with E-state index in [1.54, 1.807) is 13.8 Å². The molecule has 0 saturated carbocycles. The number of benzene rings is 1. The lowest BCUT2D eigenvalue weighted by Gasteiger charge is -2.24. The summed E-state index contributed by atoms with van der Waals surface area (Å²) in [5, 5.41) is 10.5. The van der Waals surface area contributed by atoms with Crippen LogP contribution in [0.2, 0.25) is 0 Å². The number of carboxylic acid groups (broad SMARTS) is 1. The van der Waals surface area contributed by atoms with Crippen molar-refractivity contribution in [3.8, 4) is 0 Å². The minimum atomic E-state index is -0.886. The monoisotopic (exact) mass is 245 g/mol. The number of aliphatic carboxylic acids is 1. The molecule has 96 valence electrons. The van der Waals surface area contributed by atoms with E-state index in [0.717, 1.165) is 16.6 Å². The molecule has 0 amide bonds. The molecule has 0 aliphatic rings. The predicted octanol–water partition coefficient (Wildman–Crippen LogP) is 3.58. The molecule has 0 bridgehead atoms. The smallest absolute Gasteiger partial charge is 0.315 e. The second kappa shape index (κ2) is 4.16. The number of rotatable bonds is 3. The Hall–Kier alpha value is -1.77. The molecule has 0 radical (unpaired) electrons. The minimum absolute atomic E-state index is 0.235. The van der Waals surface area contributed by atoms with Gasteiger partial charge in [0, 0.05) is 17.3 Å². The molecule has 18 heavy (non-hydrogen) atoms. The number of aromatic nitrogens is 1. The van der Waals surface area contributed by atoms with E-state index in [2.05, 4.69) is 18.4 Å². The zero-order valence-corrected chi connectivity index (χ0v) is 11.3. The summed E-state index contributed by atoms with van der Waals surface area (Å²) in [5.41, 5.74) is 1.06. The lowest BCUT2D eigenvalue weighted by Crippen LogP contribution is -2.31. The number of para-hydroxylation sites is 1. The van der Waals surface area contributed by atoms with Crippen LogP contribution in [-0.2, 0) is 10.2 Å². The molecule has 0 aliphatic carbocycles. The van der Waals surface area contributed by atoms with Crippen LogP contribution in [0.25, 0.3) is 10.9 Å². The number of hydrogen-bond donors (Lipinski definition) is 1. The molecule has 3 nitrogen and oxygen atoms in total. The average molecular weight is 245 g/mol. The summed E-state index contributed by atoms with van der Waals surface area (Å²) >= 11 is 0. The lowest BCUT2D eigenvalue weighted by molar-refractivity contribution is -0.142. The van der Waals surface area contributed by atoms with E-state index in [9.17, 15) is 9.90 Å². The van der Waals surface area contributed by atoms with Crippen molar-refractivity contribution >= 4 is 16.9 Å². The van der Waals surface area contributed by atoms with Gasteiger partial charge in [-0.1, -0.05) is 18.2 Å². The largest absolute Gasteiger partial charge is 0.481 e. The highest BCUT2D eigenvalue weighted by Gasteiger charge is 2.33. The summed E-state index contributed by atoms with van der Waals surface area (Å²) in [7, 11) is 0. The molecule has 0 saturated heterocycles. The van der Waals surface area contributed by atoms with Crippen molar-refractivity contribution in [2.75, 3.05) is 0 Å². The summed E-state index contributed by atoms with van der Waals surface area (Å²) in [5.74, 6) is -0.799. The number of fused-ring (bicyclic) bond motifs is 1. The van der Waals surface area contributed by atoms with E-state index in [1.807, 2.05) is 30.3 Å². The second-order valence-corrected chi connectivity index (χ2v) is 5.48. The van der Waals surface area contributed by atoms with Gasteiger partial charge in [0.15, 0.2) is 0 Å². The third-order valence-electron chi connectivity index (χ3n) is 3.44. The van der Waals surface area contributed by atoms with Gasteiger partial charge in [0.2, 0.25) is 0 Å². The summed E-state index contributed by atoms with van der Waals surface area (Å²) in [6, 6.07) is 10.2. The maximum atomic E-state index is 11.5. The maximum absolute atomic E-state index is 11.5. The zero-order chi connectivity index (χ0) is 13.5. The van der Waals surface area contributed by atoms with Gasteiger partial charge in [-0.2, -0.15) is 0 Å². The number of nitrogens with zero attached hydrogens (tertiary/aromatic N) is 1. The van der Waals surface area contributed by atoms with Crippen molar-refractivity contribution in [2.24, 2.45) is 0 Å². The fourth-order valence-corrected chi connectivity index (χ4v) is 2.32. The Kier molecular flexibility index (Phi) is 2.93. The standard InChI is InChI=1S/C15H19NO2/c1-10(2)16-12-8-6-5-7-11(12)9-13(16)15(3,4)14(17)18/h5-10H,1-4H3,(H,17,18). The molecule has 0 atom stereocenters. The van der Waals surface area contributed by atoms with Gasteiger partial charge in [-0.3, -0.25) is 4.79 Å². The van der Waals surface area contributed by atoms with E-state index >= 15 is 0 Å². The van der Waals surface area contributed by atoms with Gasteiger partial charge in [0.05, 0.1) is 0 Å². The molecule has 1 aromatic heterocycles. The normalized spacial score (nSPS) is 12.3. The van der Waals surface area contributed by atoms with Crippen molar-refractivity contribution in [2.45, 2.75) is 39.2 Å². The Morgan fingerprint density at radius 1 is 1.28 bits per heavy atom. The van der Waals surface area contributed by atoms with E-state index in [-0.39, 0.29) is 6.04 Å². The minimum Gasteiger partial charge on any atom is -0.481 e. The Morgan fingerprint density at radius 3 is 2.44 bits per heavy atom. The number of hydrogen-bond acceptors (Lipinski definition) is 1. The van der Waals surface area contributed by atoms with Gasteiger partial charge in [-0.25, -0.2) is 0 Å². The Bertz CT molecular complexity index is 594. The first-order chi connectivity index (χ1) is 8.35. The van der Waals surface area contributed by atoms with E-state index in [0.29, 0.717) is 0 Å². The Balaban J connectivity index is 2.78. The molecule has 1 N–H and O–H groups in total. The number of carbonyl (C=O) groups is 1. The maximum Gasteiger partial charge on any atom is 0.315 e. The molecule has 0 spiro atoms. The highest BCUT2D eigenvalue weighted by molar-refractivity contribution is 5.86. The van der Waals surface area contributed by atoms with Crippen LogP contribution >= 0.6 is 0 Å². The second-order valence-electron chi connectivity index (χ2n) is 5.48. The van der Waals surface area contributed by atoms with Crippen LogP contribution in [0.5, 0.6) is 0 Å². The molecule has 0 aliphatic heterocycles. The first-order valence-electron chi connectivity index (χ1n) is 6.19. The molecule has 2 rings (SSSR count). The topological polar surface area (TPSA) is 42.2 Å². The van der Waals surface area contributed by atoms with Crippen LogP contribution < -0.4 is 0 Å². The Morgan fingerprint density at radius 2 is 1.89 bits per heavy atom. The summed E-state index contributed by atoms with van der Waals surface area (Å²) in [6.45, 7) is 7.66. The Labute approximate surface area is 107 Å². The fraction of sp³-hybridized carbons (Fsp3) is 0.400. The van der Waals surface area contributed by atoms with Crippen LogP contribution in [0.15, 0.2) is 30.3 Å². The van der Waals surface area contributed by atoms with Crippen molar-refractivity contribution in [1.29, 1.82) is 0 Å². The highest BCUT2D eigenvalue weighted by atomic mass is 16.4. The van der Waals surface area contributed by atoms with Crippen molar-refractivity contribution in [3.63, 3.8) is 0 Å². The third kappa shape index (κ3) is 1.80. The molecule has 2 aromatic rings. The van der Waals surface area contributed by atoms with Crippen LogP contribution in [0.1, 0.15) is 39.4 Å². The molecular formula is C15H19NO2. The summed E-state index contributed by atoms with van der Waals surface area (Å²) in [6.07, 6.45) is 0. The van der Waals surface area contributed by atoms with Gasteiger partial charge >= 0.3 is 5.97 Å². The van der Waals surface area contributed by atoms with Crippen molar-refractivity contribution < 1.29 is 9.90 Å². The van der Waals surface area contributed by atoms with Gasteiger partial charge in [-0.15, -0.1) is 0 Å². The van der Waals surface area contributed by atoms with Crippen LogP contribution in [-0.4, -0.2) is 15.6 Å². The summed E-state index contributed by atoms with van der Waals surface area (Å²) < 4.78 is 2.11. The van der Waals surface area contributed by atoms with Gasteiger partial charge < -0.3 is 9.67 Å². The van der Waals surface area contributed by atoms with Gasteiger partial charge in [0.25, 0.3) is 0 Å².